The molecular formula is C24H34F2N2O. The van der Waals surface area contributed by atoms with Crippen LogP contribution in [0.15, 0.2) is 24.5 Å². The number of unbranched alkanes of at least 4 members (excludes halogenated alkanes) is 8. The number of rotatable bonds is 14. The summed E-state index contributed by atoms with van der Waals surface area (Å²) in [5.41, 5.74) is 1.08. The first-order valence-corrected chi connectivity index (χ1v) is 11.1. The molecule has 0 N–H and O–H groups in total. The Balaban J connectivity index is 1.90. The van der Waals surface area contributed by atoms with Crippen LogP contribution in [0.25, 0.3) is 11.4 Å². The third-order valence-corrected chi connectivity index (χ3v) is 5.07. The Morgan fingerprint density at radius 3 is 2.03 bits per heavy atom. The van der Waals surface area contributed by atoms with Crippen molar-refractivity contribution in [2.75, 3.05) is 6.61 Å². The Morgan fingerprint density at radius 2 is 1.38 bits per heavy atom. The van der Waals surface area contributed by atoms with Gasteiger partial charge in [-0.3, -0.25) is 0 Å². The van der Waals surface area contributed by atoms with Gasteiger partial charge in [0.25, 0.3) is 0 Å². The fraction of sp³-hybridized carbons (Fsp3) is 0.583. The molecule has 0 spiro atoms. The summed E-state index contributed by atoms with van der Waals surface area (Å²) in [5, 5.41) is 0. The second-order valence-corrected chi connectivity index (χ2v) is 7.58. The fourth-order valence-electron chi connectivity index (χ4n) is 3.26. The molecule has 2 aromatic rings. The minimum absolute atomic E-state index is 0.0505. The second kappa shape index (κ2) is 13.2. The molecule has 0 amide bonds. The summed E-state index contributed by atoms with van der Waals surface area (Å²) in [6, 6.07) is 2.95. The van der Waals surface area contributed by atoms with E-state index in [1.165, 1.54) is 50.7 Å². The number of ether oxygens (including phenoxy) is 1. The van der Waals surface area contributed by atoms with Crippen LogP contribution in [-0.4, -0.2) is 16.6 Å². The summed E-state index contributed by atoms with van der Waals surface area (Å²) in [5.74, 6) is -1.78. The molecule has 1 aromatic carbocycles. The highest BCUT2D eigenvalue weighted by Gasteiger charge is 2.17. The topological polar surface area (TPSA) is 35.0 Å². The van der Waals surface area contributed by atoms with Crippen LogP contribution < -0.4 is 4.74 Å². The van der Waals surface area contributed by atoms with E-state index in [9.17, 15) is 8.78 Å². The molecule has 3 nitrogen and oxygen atoms in total. The average Bonchev–Trinajstić information content (AvgIpc) is 2.74. The Labute approximate surface area is 173 Å². The number of aryl methyl sites for hydroxylation is 1. The summed E-state index contributed by atoms with van der Waals surface area (Å²) in [6.07, 6.45) is 15.7. The summed E-state index contributed by atoms with van der Waals surface area (Å²) in [6.45, 7) is 4.74. The fourth-order valence-corrected chi connectivity index (χ4v) is 3.26. The summed E-state index contributed by atoms with van der Waals surface area (Å²) in [4.78, 5) is 8.48. The molecule has 29 heavy (non-hydrogen) atoms. The number of hydrogen-bond donors (Lipinski definition) is 0. The SMILES string of the molecule is CCCCCCCOc1ccc(-c2ncc(CCCCCCC)cn2)c(F)c1F. The van der Waals surface area contributed by atoms with E-state index in [1.54, 1.807) is 12.4 Å². The van der Waals surface area contributed by atoms with Gasteiger partial charge in [-0.15, -0.1) is 0 Å². The zero-order valence-electron chi connectivity index (χ0n) is 17.9. The smallest absolute Gasteiger partial charge is 0.201 e. The molecule has 5 heteroatoms. The molecular weight excluding hydrogens is 370 g/mol. The van der Waals surface area contributed by atoms with Crippen molar-refractivity contribution in [3.8, 4) is 17.1 Å². The van der Waals surface area contributed by atoms with Gasteiger partial charge >= 0.3 is 0 Å². The molecule has 0 unspecified atom stereocenters. The summed E-state index contributed by atoms with van der Waals surface area (Å²) >= 11 is 0. The van der Waals surface area contributed by atoms with Crippen LogP contribution in [0.2, 0.25) is 0 Å². The third-order valence-electron chi connectivity index (χ3n) is 5.07. The van der Waals surface area contributed by atoms with E-state index in [0.717, 1.165) is 37.7 Å². The number of halogens is 2. The lowest BCUT2D eigenvalue weighted by atomic mass is 10.1. The Hall–Kier alpha value is -2.04. The first-order chi connectivity index (χ1) is 14.2. The van der Waals surface area contributed by atoms with Crippen LogP contribution in [0.3, 0.4) is 0 Å². The molecule has 0 aliphatic heterocycles. The van der Waals surface area contributed by atoms with Crippen molar-refractivity contribution in [1.82, 2.24) is 9.97 Å². The molecule has 1 aromatic heterocycles. The van der Waals surface area contributed by atoms with Crippen LogP contribution in [-0.2, 0) is 6.42 Å². The van der Waals surface area contributed by atoms with Crippen LogP contribution >= 0.6 is 0 Å². The molecule has 0 bridgehead atoms. The molecule has 1 heterocycles. The van der Waals surface area contributed by atoms with Crippen LogP contribution in [0.5, 0.6) is 5.75 Å². The first kappa shape index (κ1) is 23.2. The van der Waals surface area contributed by atoms with E-state index >= 15 is 0 Å². The van der Waals surface area contributed by atoms with Crippen molar-refractivity contribution in [3.05, 3.63) is 41.7 Å². The summed E-state index contributed by atoms with van der Waals surface area (Å²) in [7, 11) is 0. The van der Waals surface area contributed by atoms with Crippen LogP contribution in [0, 0.1) is 11.6 Å². The largest absolute Gasteiger partial charge is 0.490 e. The maximum atomic E-state index is 14.5. The minimum atomic E-state index is -0.973. The monoisotopic (exact) mass is 404 g/mol. The predicted molar refractivity (Wildman–Crippen MR) is 114 cm³/mol. The molecule has 0 saturated carbocycles. The van der Waals surface area contributed by atoms with Crippen molar-refractivity contribution in [3.63, 3.8) is 0 Å². The van der Waals surface area contributed by atoms with E-state index in [-0.39, 0.29) is 17.1 Å². The maximum Gasteiger partial charge on any atom is 0.201 e. The van der Waals surface area contributed by atoms with E-state index in [0.29, 0.717) is 6.61 Å². The standard InChI is InChI=1S/C24H34F2N2O/c1-3-5-7-9-11-13-19-17-27-24(28-18-19)20-14-15-21(23(26)22(20)25)29-16-12-10-8-6-4-2/h14-15,17-18H,3-13,16H2,1-2H3. The van der Waals surface area contributed by atoms with Gasteiger partial charge in [-0.1, -0.05) is 65.2 Å². The van der Waals surface area contributed by atoms with Gasteiger partial charge in [-0.05, 0) is 37.0 Å². The Bertz CT molecular complexity index is 720. The molecule has 0 aliphatic carbocycles. The average molecular weight is 405 g/mol. The number of hydrogen-bond acceptors (Lipinski definition) is 3. The molecule has 0 radical (unpaired) electrons. The van der Waals surface area contributed by atoms with E-state index < -0.39 is 11.6 Å². The van der Waals surface area contributed by atoms with Gasteiger partial charge in [0.2, 0.25) is 5.82 Å². The highest BCUT2D eigenvalue weighted by atomic mass is 19.2. The lowest BCUT2D eigenvalue weighted by molar-refractivity contribution is 0.285. The highest BCUT2D eigenvalue weighted by molar-refractivity contribution is 5.57. The molecule has 0 aliphatic rings. The van der Waals surface area contributed by atoms with Crippen molar-refractivity contribution >= 4 is 0 Å². The van der Waals surface area contributed by atoms with Crippen molar-refractivity contribution < 1.29 is 13.5 Å². The molecule has 0 atom stereocenters. The first-order valence-electron chi connectivity index (χ1n) is 11.1. The van der Waals surface area contributed by atoms with Crippen LogP contribution in [0.4, 0.5) is 8.78 Å². The molecule has 160 valence electrons. The highest BCUT2D eigenvalue weighted by Crippen LogP contribution is 2.28. The quantitative estimate of drug-likeness (QED) is 0.310. The summed E-state index contributed by atoms with van der Waals surface area (Å²) < 4.78 is 34.3. The zero-order valence-corrected chi connectivity index (χ0v) is 17.9. The van der Waals surface area contributed by atoms with Gasteiger partial charge in [0.15, 0.2) is 17.4 Å². The molecule has 2 rings (SSSR count). The zero-order chi connectivity index (χ0) is 20.9. The van der Waals surface area contributed by atoms with E-state index in [2.05, 4.69) is 23.8 Å². The Kier molecular flexibility index (Phi) is 10.6. The van der Waals surface area contributed by atoms with Gasteiger partial charge < -0.3 is 4.74 Å². The third kappa shape index (κ3) is 7.71. The number of benzene rings is 1. The van der Waals surface area contributed by atoms with Gasteiger partial charge in [0.1, 0.15) is 0 Å². The van der Waals surface area contributed by atoms with Gasteiger partial charge in [0.05, 0.1) is 12.2 Å². The minimum Gasteiger partial charge on any atom is -0.490 e. The molecule has 0 saturated heterocycles. The van der Waals surface area contributed by atoms with Gasteiger partial charge in [-0.25, -0.2) is 14.4 Å². The lowest BCUT2D eigenvalue weighted by Crippen LogP contribution is -2.03. The number of nitrogens with zero attached hydrogens (tertiary/aromatic N) is 2. The van der Waals surface area contributed by atoms with Crippen molar-refractivity contribution in [2.45, 2.75) is 84.5 Å². The van der Waals surface area contributed by atoms with Crippen molar-refractivity contribution in [1.29, 1.82) is 0 Å². The van der Waals surface area contributed by atoms with Crippen molar-refractivity contribution in [2.24, 2.45) is 0 Å². The number of aromatic nitrogens is 2. The van der Waals surface area contributed by atoms with E-state index in [4.69, 9.17) is 4.74 Å². The van der Waals surface area contributed by atoms with Gasteiger partial charge in [-0.2, -0.15) is 4.39 Å². The predicted octanol–water partition coefficient (Wildman–Crippen LogP) is 7.28. The second-order valence-electron chi connectivity index (χ2n) is 7.58. The normalized spacial score (nSPS) is 11.0. The Morgan fingerprint density at radius 1 is 0.759 bits per heavy atom. The van der Waals surface area contributed by atoms with E-state index in [1.807, 2.05) is 0 Å². The lowest BCUT2D eigenvalue weighted by Gasteiger charge is -2.10. The van der Waals surface area contributed by atoms with Gasteiger partial charge in [0, 0.05) is 12.4 Å². The maximum absolute atomic E-state index is 14.5. The van der Waals surface area contributed by atoms with Crippen LogP contribution in [0.1, 0.15) is 83.6 Å². The molecule has 0 fully saturated rings.